The molecule has 1 aliphatic heterocycles. The number of fused-ring (bicyclic) bond motifs is 1. The molecule has 0 spiro atoms. The Kier molecular flexibility index (Phi) is 2.96. The van der Waals surface area contributed by atoms with Crippen molar-refractivity contribution in [3.05, 3.63) is 17.7 Å². The van der Waals surface area contributed by atoms with E-state index in [9.17, 15) is 4.79 Å². The Morgan fingerprint density at radius 2 is 2.16 bits per heavy atom. The van der Waals surface area contributed by atoms with Crippen molar-refractivity contribution in [1.82, 2.24) is 0 Å². The van der Waals surface area contributed by atoms with Crippen molar-refractivity contribution in [2.24, 2.45) is 0 Å². The number of amidine groups is 2. The average Bonchev–Trinajstić information content (AvgIpc) is 2.31. The van der Waals surface area contributed by atoms with Crippen molar-refractivity contribution in [3.8, 4) is 0 Å². The highest BCUT2D eigenvalue weighted by Gasteiger charge is 2.37. The third-order valence-corrected chi connectivity index (χ3v) is 3.19. The molecule has 0 atom stereocenters. The van der Waals surface area contributed by atoms with Crippen molar-refractivity contribution in [2.45, 2.75) is 26.3 Å². The van der Waals surface area contributed by atoms with Crippen LogP contribution < -0.4 is 15.7 Å². The Bertz CT molecular complexity index is 600. The van der Waals surface area contributed by atoms with Gasteiger partial charge >= 0.3 is 0 Å². The largest absolute Gasteiger partial charge is 0.371 e. The summed E-state index contributed by atoms with van der Waals surface area (Å²) in [6, 6.07) is 3.42. The van der Waals surface area contributed by atoms with E-state index in [-0.39, 0.29) is 13.1 Å². The topological polar surface area (TPSA) is 80.0 Å². The zero-order chi connectivity index (χ0) is 14.4. The summed E-state index contributed by atoms with van der Waals surface area (Å²) in [6.45, 7) is 5.29. The van der Waals surface area contributed by atoms with Gasteiger partial charge in [-0.25, -0.2) is 0 Å². The minimum absolute atomic E-state index is 0. The first-order valence-electron chi connectivity index (χ1n) is 5.89. The molecule has 3 N–H and O–H groups in total. The van der Waals surface area contributed by atoms with Gasteiger partial charge in [0, 0.05) is 6.99 Å². The molecule has 0 saturated carbocycles. The van der Waals surface area contributed by atoms with Gasteiger partial charge in [-0.2, -0.15) is 0 Å². The highest BCUT2D eigenvalue weighted by Crippen LogP contribution is 2.36. The third-order valence-electron chi connectivity index (χ3n) is 3.19. The van der Waals surface area contributed by atoms with Crippen LogP contribution in [0.1, 0.15) is 32.6 Å². The lowest BCUT2D eigenvalue weighted by Crippen LogP contribution is -2.55. The van der Waals surface area contributed by atoms with E-state index >= 15 is 0 Å². The number of carbonyl (C=O) groups excluding carboxylic acids is 1. The van der Waals surface area contributed by atoms with Gasteiger partial charge in [0.25, 0.3) is 0 Å². The van der Waals surface area contributed by atoms with Crippen LogP contribution in [0.5, 0.6) is 0 Å². The fourth-order valence-electron chi connectivity index (χ4n) is 2.21. The number of nitrogens with zero attached hydrogens (tertiary/aromatic N) is 1. The number of benzene rings is 1. The van der Waals surface area contributed by atoms with Crippen LogP contribution in [0.15, 0.2) is 12.1 Å². The molecule has 0 fully saturated rings. The van der Waals surface area contributed by atoms with Crippen LogP contribution in [0, 0.1) is 10.8 Å². The lowest BCUT2D eigenvalue weighted by molar-refractivity contribution is 0.112. The summed E-state index contributed by atoms with van der Waals surface area (Å²) in [4.78, 5) is 12.7. The molecule has 0 aromatic heterocycles. The van der Waals surface area contributed by atoms with E-state index < -0.39 is 5.54 Å². The summed E-state index contributed by atoms with van der Waals surface area (Å²) in [5.41, 5.74) is 1.20. The van der Waals surface area contributed by atoms with Gasteiger partial charge in [0.2, 0.25) is 0 Å². The van der Waals surface area contributed by atoms with Gasteiger partial charge in [-0.05, 0) is 26.8 Å². The average molecular weight is 256 g/mol. The molecule has 2 radical (unpaired) electrons. The minimum Gasteiger partial charge on any atom is -0.371 e. The molecule has 6 heteroatoms. The Hall–Kier alpha value is -2.11. The van der Waals surface area contributed by atoms with Crippen molar-refractivity contribution < 1.29 is 6.22 Å². The van der Waals surface area contributed by atoms with Gasteiger partial charge in [0.1, 0.15) is 19.5 Å². The normalized spacial score (nSPS) is 16.6. The quantitative estimate of drug-likeness (QED) is 0.308. The van der Waals surface area contributed by atoms with E-state index in [1.165, 1.54) is 4.90 Å². The summed E-state index contributed by atoms with van der Waals surface area (Å²) in [5, 5.41) is 19.3. The molecule has 0 saturated heterocycles. The monoisotopic (exact) mass is 256 g/mol. The van der Waals surface area contributed by atoms with Crippen LogP contribution in [-0.2, 0) is 0 Å². The molecule has 0 bridgehead atoms. The van der Waals surface area contributed by atoms with Crippen LogP contribution >= 0.6 is 0 Å². The van der Waals surface area contributed by atoms with Gasteiger partial charge in [0.15, 0.2) is 6.29 Å². The minimum atomic E-state index is -0.619. The summed E-state index contributed by atoms with van der Waals surface area (Å²) in [5.74, 6) is 0.385. The summed E-state index contributed by atoms with van der Waals surface area (Å²) in [6.07, 6.45) is 0.664. The third kappa shape index (κ3) is 1.93. The summed E-state index contributed by atoms with van der Waals surface area (Å²) >= 11 is 0. The van der Waals surface area contributed by atoms with E-state index in [4.69, 9.17) is 18.7 Å². The van der Waals surface area contributed by atoms with Gasteiger partial charge in [-0.15, -0.1) is 0 Å². The van der Waals surface area contributed by atoms with Crippen LogP contribution in [-0.4, -0.2) is 31.3 Å². The Labute approximate surface area is 114 Å². The maximum absolute atomic E-state index is 11.3. The van der Waals surface area contributed by atoms with E-state index in [2.05, 4.69) is 5.32 Å². The highest BCUT2D eigenvalue weighted by atomic mass is 16.1. The van der Waals surface area contributed by atoms with E-state index in [0.717, 1.165) is 0 Å². The van der Waals surface area contributed by atoms with Crippen LogP contribution in [0.3, 0.4) is 0 Å². The second-order valence-corrected chi connectivity index (χ2v) is 5.10. The number of aldehydes is 1. The molecule has 0 amide bonds. The summed E-state index contributed by atoms with van der Waals surface area (Å²) < 4.78 is 0. The number of anilines is 2. The van der Waals surface area contributed by atoms with Crippen LogP contribution in [0.2, 0.25) is 0 Å². The van der Waals surface area contributed by atoms with E-state index in [1.54, 1.807) is 19.1 Å². The molecule has 1 aliphatic rings. The van der Waals surface area contributed by atoms with Crippen LogP contribution in [0.4, 0.5) is 11.4 Å². The van der Waals surface area contributed by atoms with Crippen molar-refractivity contribution >= 4 is 42.6 Å². The molecule has 1 aromatic carbocycles. The van der Waals surface area contributed by atoms with Crippen molar-refractivity contribution in [3.63, 3.8) is 0 Å². The Morgan fingerprint density at radius 1 is 1.53 bits per heavy atom. The predicted molar refractivity (Wildman–Crippen MR) is 80.6 cm³/mol. The summed E-state index contributed by atoms with van der Waals surface area (Å²) in [7, 11) is 5.80. The second-order valence-electron chi connectivity index (χ2n) is 5.10. The molecule has 98 valence electrons. The van der Waals surface area contributed by atoms with Crippen molar-refractivity contribution in [2.75, 3.05) is 10.2 Å². The number of nitrogens with one attached hydrogen (secondary N) is 3. The molecule has 2 rings (SSSR count). The fraction of sp³-hybridized carbons (Fsp3) is 0.308. The molecule has 0 unspecified atom stereocenters. The lowest BCUT2D eigenvalue weighted by Gasteiger charge is -2.42. The number of carbonyl (C=O) groups is 1. The smallest absolute Gasteiger partial charge is 0.151 e. The zero-order valence-corrected chi connectivity index (χ0v) is 11.2. The first-order valence-corrected chi connectivity index (χ1v) is 5.89. The standard InChI is InChI=1S/C13H15BN4O.H2/c1-7(15)18-11-8(6-19)9(14)4-5-10(11)17-13(2,3)12(18)16;/h4-6,15-17H,1-3H3;1H. The maximum atomic E-state index is 11.3. The number of hydrogen-bond acceptors (Lipinski definition) is 4. The van der Waals surface area contributed by atoms with Gasteiger partial charge < -0.3 is 5.32 Å². The molecule has 1 aromatic rings. The molecular weight excluding hydrogens is 239 g/mol. The van der Waals surface area contributed by atoms with Gasteiger partial charge in [-0.3, -0.25) is 20.5 Å². The molecule has 1 heterocycles. The Balaban J connectivity index is 0.00000200. The predicted octanol–water partition coefficient (Wildman–Crippen LogP) is 1.52. The van der Waals surface area contributed by atoms with Gasteiger partial charge in [-0.1, -0.05) is 11.5 Å². The highest BCUT2D eigenvalue weighted by molar-refractivity contribution is 6.38. The molecule has 5 nitrogen and oxygen atoms in total. The van der Waals surface area contributed by atoms with E-state index in [0.29, 0.717) is 28.7 Å². The number of hydrogen-bond donors (Lipinski definition) is 3. The lowest BCUT2D eigenvalue weighted by atomic mass is 9.86. The number of rotatable bonds is 1. The van der Waals surface area contributed by atoms with E-state index in [1.807, 2.05) is 13.8 Å². The maximum Gasteiger partial charge on any atom is 0.151 e. The first-order chi connectivity index (χ1) is 8.79. The van der Waals surface area contributed by atoms with Crippen molar-refractivity contribution in [1.29, 1.82) is 10.8 Å². The Morgan fingerprint density at radius 3 is 2.68 bits per heavy atom. The molecule has 0 aliphatic carbocycles. The molecular formula is C13H17BN4O. The first kappa shape index (κ1) is 13.3. The van der Waals surface area contributed by atoms with Gasteiger partial charge in [0.05, 0.1) is 16.9 Å². The zero-order valence-electron chi connectivity index (χ0n) is 11.2. The van der Waals surface area contributed by atoms with Crippen LogP contribution in [0.25, 0.3) is 0 Å². The SMILES string of the molecule is [B]c1ccc2c(c1C=O)N(C(C)=N)C(=N)C(C)(C)N2.[HH]. The second kappa shape index (κ2) is 4.22. The fourth-order valence-corrected chi connectivity index (χ4v) is 2.21. The molecule has 19 heavy (non-hydrogen) atoms.